The first-order valence-corrected chi connectivity index (χ1v) is 25.0. The number of nitrogens with zero attached hydrogens (tertiary/aromatic N) is 2. The normalized spacial score (nSPS) is 16.4. The number of carboxylic acid groups (broad SMARTS) is 2. The summed E-state index contributed by atoms with van der Waals surface area (Å²) in [5.74, 6) is -9.41. The van der Waals surface area contributed by atoms with Gasteiger partial charge in [-0.2, -0.15) is 0 Å². The van der Waals surface area contributed by atoms with E-state index in [4.69, 9.17) is 28.0 Å². The molecule has 0 aliphatic carbocycles. The number of phenolic OH excluding ortho intramolecular Hbond substituents is 1. The van der Waals surface area contributed by atoms with Crippen LogP contribution in [0.2, 0.25) is 0 Å². The van der Waals surface area contributed by atoms with Crippen LogP contribution in [0, 0.1) is 11.8 Å². The van der Waals surface area contributed by atoms with Crippen molar-refractivity contribution < 1.29 is 58.5 Å². The smallest absolute Gasteiger partial charge is 0.326 e. The highest BCUT2D eigenvalue weighted by atomic mass is 16.4. The minimum Gasteiger partial charge on any atom is -0.508 e. The lowest BCUT2D eigenvalue weighted by Gasteiger charge is -2.32. The number of rotatable bonds is 31. The van der Waals surface area contributed by atoms with E-state index in [9.17, 15) is 53.4 Å². The Bertz CT molecular complexity index is 2250. The largest absolute Gasteiger partial charge is 0.508 e. The number of amides is 7. The predicted octanol–water partition coefficient (Wildman–Crippen LogP) is -1.15. The summed E-state index contributed by atoms with van der Waals surface area (Å²) in [6.07, 6.45) is 1.33. The average Bonchev–Trinajstić information content (AvgIpc) is 3.85. The van der Waals surface area contributed by atoms with Crippen molar-refractivity contribution >= 4 is 59.2 Å². The van der Waals surface area contributed by atoms with Gasteiger partial charge in [0, 0.05) is 25.9 Å². The Morgan fingerprint density at radius 1 is 0.689 bits per heavy atom. The molecule has 0 aromatic heterocycles. The Labute approximate surface area is 431 Å². The van der Waals surface area contributed by atoms with Crippen molar-refractivity contribution in [2.24, 2.45) is 39.8 Å². The lowest BCUT2D eigenvalue weighted by atomic mass is 9.96. The number of phenols is 1. The van der Waals surface area contributed by atoms with Gasteiger partial charge < -0.3 is 75.1 Å². The second-order valence-electron chi connectivity index (χ2n) is 18.9. The summed E-state index contributed by atoms with van der Waals surface area (Å²) in [5, 5.41) is 45.1. The average molecular weight is 1040 g/mol. The summed E-state index contributed by atoms with van der Waals surface area (Å²) in [5.41, 5.74) is 23.6. The van der Waals surface area contributed by atoms with E-state index in [0.29, 0.717) is 43.4 Å². The van der Waals surface area contributed by atoms with Gasteiger partial charge in [0.1, 0.15) is 48.0 Å². The third-order valence-corrected chi connectivity index (χ3v) is 12.7. The number of benzene rings is 2. The van der Waals surface area contributed by atoms with Gasteiger partial charge in [-0.3, -0.25) is 43.3 Å². The number of carboxylic acids is 2. The van der Waals surface area contributed by atoms with Gasteiger partial charge in [0.05, 0.1) is 12.5 Å². The Balaban J connectivity index is 1.90. The van der Waals surface area contributed by atoms with E-state index in [1.165, 1.54) is 29.2 Å². The van der Waals surface area contributed by atoms with Gasteiger partial charge in [-0.05, 0) is 86.6 Å². The Kier molecular flexibility index (Phi) is 25.2. The van der Waals surface area contributed by atoms with E-state index >= 15 is 0 Å². The summed E-state index contributed by atoms with van der Waals surface area (Å²) in [6.45, 7) is 7.27. The molecule has 74 heavy (non-hydrogen) atoms. The van der Waals surface area contributed by atoms with Gasteiger partial charge in [0.2, 0.25) is 41.4 Å². The first-order chi connectivity index (χ1) is 35.1. The Hall–Kier alpha value is -7.34. The fourth-order valence-electron chi connectivity index (χ4n) is 8.25. The standard InChI is InChI=1S/C50H76N12O12/c1-5-29(4)41(47(71)57-35(15-9-10-22-51)48(72)62-24-12-17-38(62)45(69)59-37(49(73)74)26-30-13-7-6-8-14-30)61-44(68)36(25-31-18-20-32(63)21-19-31)58-46(70)40(28(2)3)60-43(67)34(16-11-23-55-50(53)54)56-42(66)33(52)27-39(64)65/h6-8,13-14,18-21,28-29,33-38,40-41,63H,5,9-12,15-17,22-27,51-52H2,1-4H3,(H,56,66)(H,57,71)(H,58,70)(H,59,69)(H,60,67)(H,61,68)(H,64,65)(H,73,74)(H4,53,54,55)/t29-,33-,34-,35-,36-,37-,38-,40-,41-/m0/s1. The van der Waals surface area contributed by atoms with Crippen LogP contribution in [0.3, 0.4) is 0 Å². The molecule has 0 radical (unpaired) electrons. The number of aromatic hydroxyl groups is 1. The summed E-state index contributed by atoms with van der Waals surface area (Å²) in [6, 6.07) is 4.27. The molecule has 0 spiro atoms. The number of unbranched alkanes of at least 4 members (excludes halogenated alkanes) is 1. The first kappa shape index (κ1) is 61.0. The Morgan fingerprint density at radius 3 is 1.85 bits per heavy atom. The van der Waals surface area contributed by atoms with Gasteiger partial charge in [-0.25, -0.2) is 4.79 Å². The number of aliphatic imine (C=N–C) groups is 1. The molecule has 17 N–H and O–H groups in total. The quantitative estimate of drug-likeness (QED) is 0.0241. The van der Waals surface area contributed by atoms with Crippen molar-refractivity contribution in [1.82, 2.24) is 36.8 Å². The second kappa shape index (κ2) is 30.6. The lowest BCUT2D eigenvalue weighted by molar-refractivity contribution is -0.145. The molecule has 0 bridgehead atoms. The molecule has 0 saturated carbocycles. The highest BCUT2D eigenvalue weighted by molar-refractivity contribution is 5.98. The number of nitrogens with one attached hydrogen (secondary N) is 6. The summed E-state index contributed by atoms with van der Waals surface area (Å²) >= 11 is 0. The van der Waals surface area contributed by atoms with Crippen LogP contribution in [0.5, 0.6) is 5.75 Å². The van der Waals surface area contributed by atoms with Gasteiger partial charge in [-0.1, -0.05) is 76.6 Å². The van der Waals surface area contributed by atoms with Crippen LogP contribution in [0.15, 0.2) is 59.6 Å². The van der Waals surface area contributed by atoms with E-state index < -0.39 is 120 Å². The molecule has 1 heterocycles. The van der Waals surface area contributed by atoms with Gasteiger partial charge in [0.25, 0.3) is 0 Å². The Morgan fingerprint density at radius 2 is 1.26 bits per heavy atom. The van der Waals surface area contributed by atoms with Crippen LogP contribution in [0.1, 0.15) is 96.6 Å². The molecule has 24 heteroatoms. The fourth-order valence-corrected chi connectivity index (χ4v) is 8.25. The number of aliphatic carboxylic acids is 2. The van der Waals surface area contributed by atoms with Crippen LogP contribution in [-0.2, 0) is 56.0 Å². The van der Waals surface area contributed by atoms with Crippen molar-refractivity contribution in [1.29, 1.82) is 0 Å². The predicted molar refractivity (Wildman–Crippen MR) is 273 cm³/mol. The minimum absolute atomic E-state index is 0.0111. The first-order valence-electron chi connectivity index (χ1n) is 25.0. The highest BCUT2D eigenvalue weighted by Gasteiger charge is 2.41. The topological polar surface area (TPSA) is 406 Å². The lowest BCUT2D eigenvalue weighted by Crippen LogP contribution is -2.62. The third-order valence-electron chi connectivity index (χ3n) is 12.7. The van der Waals surface area contributed by atoms with E-state index in [1.807, 2.05) is 0 Å². The summed E-state index contributed by atoms with van der Waals surface area (Å²) in [7, 11) is 0. The van der Waals surface area contributed by atoms with Gasteiger partial charge in [0.15, 0.2) is 5.96 Å². The maximum atomic E-state index is 14.5. The molecule has 2 aromatic carbocycles. The zero-order chi connectivity index (χ0) is 55.1. The minimum atomic E-state index is -1.51. The van der Waals surface area contributed by atoms with Crippen LogP contribution >= 0.6 is 0 Å². The van der Waals surface area contributed by atoms with Crippen molar-refractivity contribution in [3.05, 3.63) is 65.7 Å². The van der Waals surface area contributed by atoms with Crippen LogP contribution in [0.4, 0.5) is 0 Å². The molecular formula is C50H76N12O12. The van der Waals surface area contributed by atoms with Crippen molar-refractivity contribution in [3.8, 4) is 5.75 Å². The second-order valence-corrected chi connectivity index (χ2v) is 18.9. The fraction of sp³-hybridized carbons (Fsp3) is 0.560. The van der Waals surface area contributed by atoms with Crippen molar-refractivity contribution in [2.75, 3.05) is 19.6 Å². The zero-order valence-electron chi connectivity index (χ0n) is 42.6. The van der Waals surface area contributed by atoms with Gasteiger partial charge in [-0.15, -0.1) is 0 Å². The van der Waals surface area contributed by atoms with E-state index in [-0.39, 0.29) is 63.3 Å². The number of nitrogens with two attached hydrogens (primary N) is 4. The number of carbonyl (C=O) groups excluding carboxylic acids is 7. The van der Waals surface area contributed by atoms with E-state index in [0.717, 1.165) is 0 Å². The number of hydrogen-bond acceptors (Lipinski definition) is 13. The highest BCUT2D eigenvalue weighted by Crippen LogP contribution is 2.22. The molecule has 1 saturated heterocycles. The van der Waals surface area contributed by atoms with Crippen molar-refractivity contribution in [2.45, 2.75) is 147 Å². The third kappa shape index (κ3) is 19.9. The molecule has 0 unspecified atom stereocenters. The van der Waals surface area contributed by atoms with Crippen LogP contribution in [0.25, 0.3) is 0 Å². The van der Waals surface area contributed by atoms with Crippen molar-refractivity contribution in [3.63, 3.8) is 0 Å². The molecule has 9 atom stereocenters. The van der Waals surface area contributed by atoms with Crippen LogP contribution < -0.4 is 54.8 Å². The molecule has 2 aromatic rings. The summed E-state index contributed by atoms with van der Waals surface area (Å²) < 4.78 is 0. The molecule has 7 amide bonds. The van der Waals surface area contributed by atoms with Gasteiger partial charge >= 0.3 is 11.9 Å². The monoisotopic (exact) mass is 1040 g/mol. The molecule has 3 rings (SSSR count). The SMILES string of the molecule is CC[C@H](C)[C@H](NC(=O)[C@H](Cc1ccc(O)cc1)NC(=O)[C@@H](NC(=O)[C@H](CCCN=C(N)N)NC(=O)[C@@H](N)CC(=O)O)C(C)C)C(=O)N[C@@H](CCCCN)C(=O)N1CCC[C@H]1C(=O)N[C@@H](Cc1ccccc1)C(=O)O. The van der Waals surface area contributed by atoms with E-state index in [2.05, 4.69) is 36.9 Å². The number of likely N-dealkylation sites (tertiary alicyclic amines) is 1. The van der Waals surface area contributed by atoms with E-state index in [1.54, 1.807) is 58.0 Å². The molecule has 408 valence electrons. The zero-order valence-corrected chi connectivity index (χ0v) is 42.6. The number of hydrogen-bond donors (Lipinski definition) is 13. The molecule has 1 aliphatic rings. The number of carbonyl (C=O) groups is 9. The maximum Gasteiger partial charge on any atom is 0.326 e. The summed E-state index contributed by atoms with van der Waals surface area (Å²) in [4.78, 5) is 127. The molecule has 1 aliphatic heterocycles. The van der Waals surface area contributed by atoms with Crippen LogP contribution in [-0.4, -0.2) is 147 Å². The molecule has 1 fully saturated rings. The maximum absolute atomic E-state index is 14.5. The molecule has 24 nitrogen and oxygen atoms in total. The molecular weight excluding hydrogens is 961 g/mol. The number of guanidine groups is 1.